The summed E-state index contributed by atoms with van der Waals surface area (Å²) in [5.74, 6) is 0.798. The monoisotopic (exact) mass is 362 g/mol. The molecule has 0 aliphatic carbocycles. The van der Waals surface area contributed by atoms with Crippen LogP contribution in [-0.2, 0) is 0 Å². The van der Waals surface area contributed by atoms with Crippen molar-refractivity contribution in [1.29, 1.82) is 0 Å². The Balaban J connectivity index is 2.19. The van der Waals surface area contributed by atoms with Gasteiger partial charge >= 0.3 is 0 Å². The number of allylic oxidation sites excluding steroid dienone is 1. The third-order valence-electron chi connectivity index (χ3n) is 5.58. The van der Waals surface area contributed by atoms with Gasteiger partial charge in [0, 0.05) is 5.56 Å². The highest BCUT2D eigenvalue weighted by Gasteiger charge is 2.41. The molecule has 1 aliphatic heterocycles. The zero-order valence-electron chi connectivity index (χ0n) is 15.9. The number of fused-ring (bicyclic) bond motifs is 1. The topological polar surface area (TPSA) is 29.5 Å². The second kappa shape index (κ2) is 7.88. The molecule has 0 fully saturated rings. The Morgan fingerprint density at radius 2 is 2.12 bits per heavy atom. The first kappa shape index (κ1) is 19.9. The maximum atomic E-state index is 13.4. The van der Waals surface area contributed by atoms with Crippen LogP contribution >= 0.6 is 0 Å². The summed E-state index contributed by atoms with van der Waals surface area (Å²) in [6.45, 7) is 12.1. The molecule has 2 rings (SSSR count). The Labute approximate surface area is 152 Å². The number of halogens is 1. The minimum absolute atomic E-state index is 0.0431. The summed E-state index contributed by atoms with van der Waals surface area (Å²) in [6, 6.07) is 4.65. The molecule has 1 heterocycles. The van der Waals surface area contributed by atoms with Gasteiger partial charge < -0.3 is 9.53 Å². The Hall–Kier alpha value is -1.39. The molecule has 0 bridgehead atoms. The molecule has 0 saturated heterocycles. The molecule has 0 amide bonds. The van der Waals surface area contributed by atoms with Gasteiger partial charge in [0.15, 0.2) is 8.32 Å². The molecule has 1 aromatic carbocycles. The molecular weight excluding hydrogens is 331 g/mol. The zero-order chi connectivity index (χ0) is 18.7. The maximum absolute atomic E-state index is 13.4. The van der Waals surface area contributed by atoms with Crippen LogP contribution in [0.5, 0.6) is 5.75 Å². The van der Waals surface area contributed by atoms with Crippen molar-refractivity contribution in [3.63, 3.8) is 0 Å². The predicted octanol–water partition coefficient (Wildman–Crippen LogP) is 5.94. The van der Waals surface area contributed by atoms with Gasteiger partial charge in [-0.25, -0.2) is 4.39 Å². The SMILES string of the molecule is C=CCCC[C@@H](CC(C)(C)[Si](C)(C)O)[C@@H]1C=Cc2cc(F)ccc2O1. The summed E-state index contributed by atoms with van der Waals surface area (Å²) >= 11 is 0. The number of benzene rings is 1. The molecule has 0 saturated carbocycles. The van der Waals surface area contributed by atoms with E-state index in [9.17, 15) is 9.19 Å². The fourth-order valence-corrected chi connectivity index (χ4v) is 3.97. The molecule has 1 aliphatic rings. The van der Waals surface area contributed by atoms with Gasteiger partial charge in [-0.3, -0.25) is 0 Å². The van der Waals surface area contributed by atoms with Gasteiger partial charge in [-0.1, -0.05) is 26.0 Å². The van der Waals surface area contributed by atoms with Gasteiger partial charge in [-0.15, -0.1) is 6.58 Å². The average Bonchev–Trinajstić information content (AvgIpc) is 2.52. The fourth-order valence-electron chi connectivity index (χ4n) is 3.21. The van der Waals surface area contributed by atoms with Crippen LogP contribution in [0.3, 0.4) is 0 Å². The van der Waals surface area contributed by atoms with Crippen LogP contribution in [0.1, 0.15) is 45.1 Å². The minimum atomic E-state index is -2.29. The molecule has 2 atom stereocenters. The molecule has 4 heteroatoms. The molecule has 138 valence electrons. The number of hydrogen-bond acceptors (Lipinski definition) is 2. The maximum Gasteiger partial charge on any atom is 0.188 e. The molecule has 0 aromatic heterocycles. The Morgan fingerprint density at radius 1 is 1.40 bits per heavy atom. The number of rotatable bonds is 8. The van der Waals surface area contributed by atoms with E-state index in [1.807, 2.05) is 31.3 Å². The Kier molecular flexibility index (Phi) is 6.28. The van der Waals surface area contributed by atoms with Gasteiger partial charge in [0.25, 0.3) is 0 Å². The third kappa shape index (κ3) is 5.05. The second-order valence-electron chi connectivity index (χ2n) is 8.25. The van der Waals surface area contributed by atoms with Crippen LogP contribution < -0.4 is 4.74 Å². The van der Waals surface area contributed by atoms with E-state index in [4.69, 9.17) is 4.74 Å². The van der Waals surface area contributed by atoms with E-state index in [1.54, 1.807) is 6.07 Å². The summed E-state index contributed by atoms with van der Waals surface area (Å²) in [4.78, 5) is 10.7. The normalized spacial score (nSPS) is 18.4. The predicted molar refractivity (Wildman–Crippen MR) is 106 cm³/mol. The number of unbranched alkanes of at least 4 members (excludes halogenated alkanes) is 1. The van der Waals surface area contributed by atoms with E-state index in [-0.39, 0.29) is 17.0 Å². The van der Waals surface area contributed by atoms with Crippen LogP contribution in [0.25, 0.3) is 6.08 Å². The average molecular weight is 363 g/mol. The second-order valence-corrected chi connectivity index (χ2v) is 12.7. The van der Waals surface area contributed by atoms with Gasteiger partial charge in [0.05, 0.1) is 0 Å². The smallest absolute Gasteiger partial charge is 0.188 e. The third-order valence-corrected chi connectivity index (χ3v) is 9.09. The lowest BCUT2D eigenvalue weighted by Gasteiger charge is -2.40. The molecule has 1 N–H and O–H groups in total. The van der Waals surface area contributed by atoms with Gasteiger partial charge in [-0.05, 0) is 74.0 Å². The summed E-state index contributed by atoms with van der Waals surface area (Å²) in [7, 11) is -2.29. The standard InChI is InChI=1S/C21H31FO2Si/c1-6-7-8-9-17(15-21(2,3)25(4,5)23)20-12-10-16-14-18(22)11-13-19(16)24-20/h6,10-14,17,20,23H,1,7-9,15H2,2-5H3/t17-,20-/m0/s1. The molecule has 1 aromatic rings. The van der Waals surface area contributed by atoms with Crippen molar-refractivity contribution in [3.05, 3.63) is 48.3 Å². The zero-order valence-corrected chi connectivity index (χ0v) is 16.9. The first-order valence-corrected chi connectivity index (χ1v) is 12.1. The van der Waals surface area contributed by atoms with Crippen molar-refractivity contribution >= 4 is 14.4 Å². The lowest BCUT2D eigenvalue weighted by molar-refractivity contribution is 0.148. The molecule has 2 nitrogen and oxygen atoms in total. The lowest BCUT2D eigenvalue weighted by atomic mass is 9.86. The summed E-state index contributed by atoms with van der Waals surface area (Å²) in [5, 5.41) is -0.105. The van der Waals surface area contributed by atoms with Crippen molar-refractivity contribution in [2.24, 2.45) is 5.92 Å². The first-order chi connectivity index (χ1) is 11.6. The molecule has 0 spiro atoms. The van der Waals surface area contributed by atoms with E-state index < -0.39 is 8.32 Å². The van der Waals surface area contributed by atoms with Crippen molar-refractivity contribution in [2.75, 3.05) is 0 Å². The van der Waals surface area contributed by atoms with Crippen LogP contribution in [0, 0.1) is 11.7 Å². The van der Waals surface area contributed by atoms with Gasteiger partial charge in [0.2, 0.25) is 0 Å². The summed E-state index contributed by atoms with van der Waals surface area (Å²) < 4.78 is 19.6. The van der Waals surface area contributed by atoms with Crippen molar-refractivity contribution in [1.82, 2.24) is 0 Å². The molecule has 0 unspecified atom stereocenters. The van der Waals surface area contributed by atoms with Crippen LogP contribution in [0.4, 0.5) is 4.39 Å². The molecular formula is C21H31FO2Si. The lowest BCUT2D eigenvalue weighted by Crippen LogP contribution is -2.42. The Bertz CT molecular complexity index is 631. The van der Waals surface area contributed by atoms with E-state index in [1.165, 1.54) is 12.1 Å². The van der Waals surface area contributed by atoms with Gasteiger partial charge in [-0.2, -0.15) is 0 Å². The largest absolute Gasteiger partial charge is 0.485 e. The summed E-state index contributed by atoms with van der Waals surface area (Å²) in [6.07, 6.45) is 9.87. The van der Waals surface area contributed by atoms with Crippen LogP contribution in [-0.4, -0.2) is 19.2 Å². The number of ether oxygens (including phenoxy) is 1. The minimum Gasteiger partial charge on any atom is -0.485 e. The Morgan fingerprint density at radius 3 is 2.76 bits per heavy atom. The van der Waals surface area contributed by atoms with Crippen molar-refractivity contribution in [3.8, 4) is 5.75 Å². The van der Waals surface area contributed by atoms with Crippen molar-refractivity contribution < 1.29 is 13.9 Å². The van der Waals surface area contributed by atoms with Crippen LogP contribution in [0.2, 0.25) is 18.1 Å². The van der Waals surface area contributed by atoms with E-state index in [2.05, 4.69) is 20.4 Å². The van der Waals surface area contributed by atoms with Crippen LogP contribution in [0.15, 0.2) is 36.9 Å². The highest BCUT2D eigenvalue weighted by atomic mass is 28.4. The molecule has 0 radical (unpaired) electrons. The van der Waals surface area contributed by atoms with Crippen molar-refractivity contribution in [2.45, 2.75) is 63.8 Å². The number of hydrogen-bond donors (Lipinski definition) is 1. The quantitative estimate of drug-likeness (QED) is 0.352. The highest BCUT2D eigenvalue weighted by molar-refractivity contribution is 6.72. The van der Waals surface area contributed by atoms with Gasteiger partial charge in [0.1, 0.15) is 17.7 Å². The van der Waals surface area contributed by atoms with E-state index >= 15 is 0 Å². The summed E-state index contributed by atoms with van der Waals surface area (Å²) in [5.41, 5.74) is 0.789. The fraction of sp³-hybridized carbons (Fsp3) is 0.524. The van der Waals surface area contributed by atoms with E-state index in [0.717, 1.165) is 37.0 Å². The van der Waals surface area contributed by atoms with E-state index in [0.29, 0.717) is 5.92 Å². The highest BCUT2D eigenvalue weighted by Crippen LogP contribution is 2.44. The molecule has 25 heavy (non-hydrogen) atoms. The first-order valence-electron chi connectivity index (χ1n) is 9.12.